The summed E-state index contributed by atoms with van der Waals surface area (Å²) in [6.45, 7) is 0.600. The van der Waals surface area contributed by atoms with E-state index in [1.165, 1.54) is 0 Å². The van der Waals surface area contributed by atoms with Crippen molar-refractivity contribution in [2.75, 3.05) is 0 Å². The molecular formula is C16H16N2O. The maximum atomic E-state index is 10.9. The van der Waals surface area contributed by atoms with Crippen LogP contribution in [0.1, 0.15) is 17.5 Å². The van der Waals surface area contributed by atoms with Crippen LogP contribution in [0.3, 0.4) is 0 Å². The van der Waals surface area contributed by atoms with E-state index in [-0.39, 0.29) is 0 Å². The van der Waals surface area contributed by atoms with E-state index in [4.69, 9.17) is 0 Å². The van der Waals surface area contributed by atoms with Crippen LogP contribution in [-0.4, -0.2) is 16.3 Å². The van der Waals surface area contributed by atoms with Gasteiger partial charge in [0.1, 0.15) is 0 Å². The van der Waals surface area contributed by atoms with E-state index in [2.05, 4.69) is 5.10 Å². The molecule has 0 spiro atoms. The molecule has 0 aromatic heterocycles. The van der Waals surface area contributed by atoms with Crippen LogP contribution in [-0.2, 0) is 12.3 Å². The smallest absolute Gasteiger partial charge is 0.184 e. The van der Waals surface area contributed by atoms with E-state index in [1.807, 2.05) is 60.7 Å². The lowest BCUT2D eigenvalue weighted by molar-refractivity contribution is -0.103. The van der Waals surface area contributed by atoms with Crippen molar-refractivity contribution in [3.05, 3.63) is 71.8 Å². The number of benzene rings is 2. The van der Waals surface area contributed by atoms with Gasteiger partial charge in [-0.05, 0) is 5.56 Å². The maximum Gasteiger partial charge on any atom is 0.184 e. The lowest BCUT2D eigenvalue weighted by atomic mass is 9.99. The third kappa shape index (κ3) is 2.25. The minimum absolute atomic E-state index is 0.518. The zero-order valence-corrected chi connectivity index (χ0v) is 10.6. The van der Waals surface area contributed by atoms with Crippen LogP contribution in [0.4, 0.5) is 0 Å². The van der Waals surface area contributed by atoms with Crippen LogP contribution in [0.25, 0.3) is 0 Å². The molecule has 0 radical (unpaired) electrons. The molecular weight excluding hydrogens is 236 g/mol. The molecule has 0 saturated carbocycles. The fraction of sp³-hybridized carbons (Fsp3) is 0.188. The van der Waals surface area contributed by atoms with Gasteiger partial charge in [0.15, 0.2) is 5.72 Å². The van der Waals surface area contributed by atoms with Crippen molar-refractivity contribution in [2.24, 2.45) is 5.10 Å². The highest BCUT2D eigenvalue weighted by Gasteiger charge is 2.38. The zero-order chi connectivity index (χ0) is 13.1. The minimum atomic E-state index is -1.03. The summed E-state index contributed by atoms with van der Waals surface area (Å²) in [5, 5.41) is 17.0. The van der Waals surface area contributed by atoms with E-state index < -0.39 is 5.72 Å². The molecule has 19 heavy (non-hydrogen) atoms. The molecule has 1 aliphatic rings. The van der Waals surface area contributed by atoms with Crippen molar-refractivity contribution in [2.45, 2.75) is 18.7 Å². The highest BCUT2D eigenvalue weighted by Crippen LogP contribution is 2.33. The largest absolute Gasteiger partial charge is 0.365 e. The topological polar surface area (TPSA) is 35.8 Å². The number of rotatable bonds is 3. The Kier molecular flexibility index (Phi) is 3.05. The second-order valence-electron chi connectivity index (χ2n) is 4.73. The molecule has 1 atom stereocenters. The van der Waals surface area contributed by atoms with Gasteiger partial charge in [0.05, 0.1) is 6.54 Å². The summed E-state index contributed by atoms with van der Waals surface area (Å²) in [7, 11) is 0. The first kappa shape index (κ1) is 11.9. The van der Waals surface area contributed by atoms with Crippen molar-refractivity contribution < 1.29 is 5.11 Å². The predicted octanol–water partition coefficient (Wildman–Crippen LogP) is 2.72. The molecule has 2 aromatic rings. The normalized spacial score (nSPS) is 21.8. The molecule has 0 bridgehead atoms. The molecule has 96 valence electrons. The monoisotopic (exact) mass is 252 g/mol. The van der Waals surface area contributed by atoms with Gasteiger partial charge in [-0.25, -0.2) is 0 Å². The molecule has 1 unspecified atom stereocenters. The molecule has 3 heteroatoms. The third-order valence-corrected chi connectivity index (χ3v) is 3.44. The van der Waals surface area contributed by atoms with Crippen LogP contribution < -0.4 is 0 Å². The third-order valence-electron chi connectivity index (χ3n) is 3.44. The summed E-state index contributed by atoms with van der Waals surface area (Å²) in [6, 6.07) is 19.8. The van der Waals surface area contributed by atoms with Crippen molar-refractivity contribution in [3.63, 3.8) is 0 Å². The molecule has 1 heterocycles. The Bertz CT molecular complexity index is 568. The van der Waals surface area contributed by atoms with Gasteiger partial charge in [-0.3, -0.25) is 5.01 Å². The first-order valence-electron chi connectivity index (χ1n) is 6.41. The Morgan fingerprint density at radius 1 is 1.00 bits per heavy atom. The summed E-state index contributed by atoms with van der Waals surface area (Å²) in [5.74, 6) is 0. The van der Waals surface area contributed by atoms with Crippen LogP contribution >= 0.6 is 0 Å². The highest BCUT2D eigenvalue weighted by atomic mass is 16.3. The average Bonchev–Trinajstić information content (AvgIpc) is 2.84. The van der Waals surface area contributed by atoms with Crippen molar-refractivity contribution in [1.29, 1.82) is 0 Å². The second kappa shape index (κ2) is 4.86. The van der Waals surface area contributed by atoms with Gasteiger partial charge in [0, 0.05) is 18.2 Å². The SMILES string of the molecule is OC1(c2ccccc2)CC=NN1Cc1ccccc1. The standard InChI is InChI=1S/C16H16N2O/c19-16(15-9-5-2-6-10-15)11-12-17-18(16)13-14-7-3-1-4-8-14/h1-10,12,19H,11,13H2. The van der Waals surface area contributed by atoms with E-state index in [0.717, 1.165) is 11.1 Å². The van der Waals surface area contributed by atoms with E-state index >= 15 is 0 Å². The molecule has 0 amide bonds. The Hall–Kier alpha value is -2.13. The van der Waals surface area contributed by atoms with E-state index in [9.17, 15) is 5.11 Å². The molecule has 0 fully saturated rings. The van der Waals surface area contributed by atoms with Gasteiger partial charge in [0.25, 0.3) is 0 Å². The van der Waals surface area contributed by atoms with E-state index in [1.54, 1.807) is 11.2 Å². The zero-order valence-electron chi connectivity index (χ0n) is 10.6. The maximum absolute atomic E-state index is 10.9. The van der Waals surface area contributed by atoms with Crippen LogP contribution in [0.2, 0.25) is 0 Å². The van der Waals surface area contributed by atoms with Gasteiger partial charge in [-0.15, -0.1) is 0 Å². The van der Waals surface area contributed by atoms with Gasteiger partial charge in [-0.2, -0.15) is 5.10 Å². The first-order chi connectivity index (χ1) is 9.29. The molecule has 0 saturated heterocycles. The molecule has 2 aromatic carbocycles. The van der Waals surface area contributed by atoms with Crippen LogP contribution in [0, 0.1) is 0 Å². The van der Waals surface area contributed by atoms with Gasteiger partial charge < -0.3 is 5.11 Å². The lowest BCUT2D eigenvalue weighted by Gasteiger charge is -2.33. The van der Waals surface area contributed by atoms with Gasteiger partial charge in [-0.1, -0.05) is 60.7 Å². The number of aliphatic hydroxyl groups is 1. The predicted molar refractivity (Wildman–Crippen MR) is 75.4 cm³/mol. The van der Waals surface area contributed by atoms with Crippen LogP contribution in [0.15, 0.2) is 65.8 Å². The lowest BCUT2D eigenvalue weighted by Crippen LogP contribution is -2.39. The first-order valence-corrected chi connectivity index (χ1v) is 6.41. The number of hydrazone groups is 1. The molecule has 3 nitrogen and oxygen atoms in total. The summed E-state index contributed by atoms with van der Waals surface area (Å²) >= 11 is 0. The molecule has 0 aliphatic carbocycles. The Morgan fingerprint density at radius 2 is 1.63 bits per heavy atom. The van der Waals surface area contributed by atoms with Crippen molar-refractivity contribution in [3.8, 4) is 0 Å². The summed E-state index contributed by atoms with van der Waals surface area (Å²) in [5.41, 5.74) is 0.983. The Labute approximate surface area is 112 Å². The fourth-order valence-corrected chi connectivity index (χ4v) is 2.37. The number of nitrogens with zero attached hydrogens (tertiary/aromatic N) is 2. The van der Waals surface area contributed by atoms with Gasteiger partial charge >= 0.3 is 0 Å². The molecule has 1 aliphatic heterocycles. The fourth-order valence-electron chi connectivity index (χ4n) is 2.37. The average molecular weight is 252 g/mol. The van der Waals surface area contributed by atoms with Crippen molar-refractivity contribution in [1.82, 2.24) is 5.01 Å². The Balaban J connectivity index is 1.87. The minimum Gasteiger partial charge on any atom is -0.365 e. The molecule has 3 rings (SSSR count). The Morgan fingerprint density at radius 3 is 2.32 bits per heavy atom. The summed E-state index contributed by atoms with van der Waals surface area (Å²) < 4.78 is 0. The van der Waals surface area contributed by atoms with E-state index in [0.29, 0.717) is 13.0 Å². The van der Waals surface area contributed by atoms with Crippen molar-refractivity contribution >= 4 is 6.21 Å². The summed E-state index contributed by atoms with van der Waals surface area (Å²) in [4.78, 5) is 0. The van der Waals surface area contributed by atoms with Gasteiger partial charge in [0.2, 0.25) is 0 Å². The molecule has 1 N–H and O–H groups in total. The van der Waals surface area contributed by atoms with Crippen LogP contribution in [0.5, 0.6) is 0 Å². The quantitative estimate of drug-likeness (QED) is 0.911. The number of hydrogen-bond acceptors (Lipinski definition) is 3. The highest BCUT2D eigenvalue weighted by molar-refractivity contribution is 5.61. The second-order valence-corrected chi connectivity index (χ2v) is 4.73. The number of hydrogen-bond donors (Lipinski definition) is 1. The summed E-state index contributed by atoms with van der Waals surface area (Å²) in [6.07, 6.45) is 2.29.